The third kappa shape index (κ3) is 2.89. The number of ether oxygens (including phenoxy) is 1. The maximum absolute atomic E-state index is 12.0. The molecule has 0 spiro atoms. The van der Waals surface area contributed by atoms with E-state index in [4.69, 9.17) is 4.74 Å². The predicted molar refractivity (Wildman–Crippen MR) is 74.6 cm³/mol. The summed E-state index contributed by atoms with van der Waals surface area (Å²) in [6, 6.07) is 5.88. The molecule has 2 aliphatic rings. The average molecular weight is 260 g/mol. The van der Waals surface area contributed by atoms with E-state index in [9.17, 15) is 4.79 Å². The van der Waals surface area contributed by atoms with Crippen LogP contribution in [0.25, 0.3) is 0 Å². The van der Waals surface area contributed by atoms with Crippen molar-refractivity contribution in [3.8, 4) is 0 Å². The maximum Gasteiger partial charge on any atom is 0.251 e. The Morgan fingerprint density at radius 1 is 1.47 bits per heavy atom. The molecule has 1 atom stereocenters. The van der Waals surface area contributed by atoms with Gasteiger partial charge in [0.1, 0.15) is 0 Å². The quantitative estimate of drug-likeness (QED) is 0.870. The van der Waals surface area contributed by atoms with Gasteiger partial charge in [0.2, 0.25) is 0 Å². The third-order valence-corrected chi connectivity index (χ3v) is 3.85. The van der Waals surface area contributed by atoms with Crippen LogP contribution in [0, 0.1) is 0 Å². The van der Waals surface area contributed by atoms with Gasteiger partial charge < -0.3 is 15.4 Å². The summed E-state index contributed by atoms with van der Waals surface area (Å²) in [7, 11) is 0. The molecule has 0 bridgehead atoms. The second-order valence-electron chi connectivity index (χ2n) is 5.23. The number of benzene rings is 1. The van der Waals surface area contributed by atoms with Crippen molar-refractivity contribution in [2.24, 2.45) is 0 Å². The lowest BCUT2D eigenvalue weighted by Crippen LogP contribution is -2.27. The minimum Gasteiger partial charge on any atom is -0.384 e. The average Bonchev–Trinajstić information content (AvgIpc) is 3.08. The van der Waals surface area contributed by atoms with E-state index in [-0.39, 0.29) is 5.91 Å². The summed E-state index contributed by atoms with van der Waals surface area (Å²) in [5.74, 6) is 0.0210. The molecule has 1 saturated heterocycles. The van der Waals surface area contributed by atoms with E-state index in [0.29, 0.717) is 12.6 Å². The lowest BCUT2D eigenvalue weighted by atomic mass is 10.1. The zero-order valence-corrected chi connectivity index (χ0v) is 11.1. The molecule has 1 aromatic rings. The first-order valence-corrected chi connectivity index (χ1v) is 7.09. The molecule has 2 heterocycles. The van der Waals surface area contributed by atoms with Crippen LogP contribution in [0.15, 0.2) is 18.2 Å². The van der Waals surface area contributed by atoms with Crippen molar-refractivity contribution in [3.05, 3.63) is 29.3 Å². The molecule has 1 amide bonds. The molecule has 1 aromatic carbocycles. The number of carbonyl (C=O) groups excluding carboxylic acids is 1. The summed E-state index contributed by atoms with van der Waals surface area (Å²) < 4.78 is 5.54. The molecule has 4 nitrogen and oxygen atoms in total. The molecule has 4 heteroatoms. The van der Waals surface area contributed by atoms with Gasteiger partial charge in [-0.2, -0.15) is 0 Å². The van der Waals surface area contributed by atoms with Gasteiger partial charge in [0.15, 0.2) is 0 Å². The second kappa shape index (κ2) is 5.61. The van der Waals surface area contributed by atoms with E-state index >= 15 is 0 Å². The highest BCUT2D eigenvalue weighted by atomic mass is 16.5. The Hall–Kier alpha value is -1.55. The van der Waals surface area contributed by atoms with Gasteiger partial charge in [-0.3, -0.25) is 4.79 Å². The fourth-order valence-corrected chi connectivity index (χ4v) is 2.77. The normalized spacial score (nSPS) is 20.9. The minimum atomic E-state index is 0.0210. The molecule has 0 aliphatic carbocycles. The highest BCUT2D eigenvalue weighted by Gasteiger charge is 2.16. The Balaban J connectivity index is 1.52. The number of nitrogens with one attached hydrogen (secondary N) is 2. The summed E-state index contributed by atoms with van der Waals surface area (Å²) in [6.07, 6.45) is 4.53. The van der Waals surface area contributed by atoms with E-state index in [1.165, 1.54) is 5.56 Å². The summed E-state index contributed by atoms with van der Waals surface area (Å²) in [4.78, 5) is 12.0. The number of anilines is 1. The lowest BCUT2D eigenvalue weighted by molar-refractivity contribution is 0.0907. The molecule has 0 radical (unpaired) electrons. The van der Waals surface area contributed by atoms with Gasteiger partial charge in [-0.15, -0.1) is 0 Å². The second-order valence-corrected chi connectivity index (χ2v) is 5.23. The van der Waals surface area contributed by atoms with Crippen LogP contribution in [0.2, 0.25) is 0 Å². The van der Waals surface area contributed by atoms with E-state index in [1.807, 2.05) is 18.2 Å². The first-order chi connectivity index (χ1) is 9.33. The standard InChI is InChI=1S/C15H20N2O2/c18-15(17-8-6-13-2-1-9-19-13)12-3-4-14-11(10-12)5-7-16-14/h3-4,10,13,16H,1-2,5-9H2,(H,17,18)/t13-/m1/s1. The molecule has 0 unspecified atom stereocenters. The van der Waals surface area contributed by atoms with Gasteiger partial charge in [-0.25, -0.2) is 0 Å². The molecular formula is C15H20N2O2. The summed E-state index contributed by atoms with van der Waals surface area (Å²) in [6.45, 7) is 2.54. The van der Waals surface area contributed by atoms with Crippen LogP contribution in [0.4, 0.5) is 5.69 Å². The summed E-state index contributed by atoms with van der Waals surface area (Å²) in [5, 5.41) is 6.28. The fraction of sp³-hybridized carbons (Fsp3) is 0.533. The summed E-state index contributed by atoms with van der Waals surface area (Å²) >= 11 is 0. The van der Waals surface area contributed by atoms with Crippen LogP contribution in [0.1, 0.15) is 35.2 Å². The van der Waals surface area contributed by atoms with Crippen LogP contribution in [0.5, 0.6) is 0 Å². The SMILES string of the molecule is O=C(NCC[C@H]1CCCO1)c1ccc2c(c1)CCN2. The van der Waals surface area contributed by atoms with Crippen LogP contribution in [0.3, 0.4) is 0 Å². The zero-order chi connectivity index (χ0) is 13.1. The summed E-state index contributed by atoms with van der Waals surface area (Å²) in [5.41, 5.74) is 3.16. The van der Waals surface area contributed by atoms with Crippen LogP contribution < -0.4 is 10.6 Å². The topological polar surface area (TPSA) is 50.4 Å². The number of amides is 1. The van der Waals surface area contributed by atoms with Crippen molar-refractivity contribution >= 4 is 11.6 Å². The Morgan fingerprint density at radius 3 is 3.26 bits per heavy atom. The van der Waals surface area contributed by atoms with Crippen LogP contribution in [-0.4, -0.2) is 31.7 Å². The Morgan fingerprint density at radius 2 is 2.42 bits per heavy atom. The maximum atomic E-state index is 12.0. The van der Waals surface area contributed by atoms with Gasteiger partial charge >= 0.3 is 0 Å². The first-order valence-electron chi connectivity index (χ1n) is 7.09. The van der Waals surface area contributed by atoms with Gasteiger partial charge in [0.05, 0.1) is 6.10 Å². The monoisotopic (exact) mass is 260 g/mol. The first kappa shape index (κ1) is 12.5. The number of fused-ring (bicyclic) bond motifs is 1. The van der Waals surface area contributed by atoms with E-state index in [2.05, 4.69) is 10.6 Å². The van der Waals surface area contributed by atoms with Crippen LogP contribution >= 0.6 is 0 Å². The predicted octanol–water partition coefficient (Wildman–Crippen LogP) is 1.95. The van der Waals surface area contributed by atoms with E-state index in [1.54, 1.807) is 0 Å². The molecule has 102 valence electrons. The molecule has 1 fully saturated rings. The van der Waals surface area contributed by atoms with Crippen molar-refractivity contribution < 1.29 is 9.53 Å². The van der Waals surface area contributed by atoms with Gasteiger partial charge in [0, 0.05) is 30.9 Å². The minimum absolute atomic E-state index is 0.0210. The highest BCUT2D eigenvalue weighted by Crippen LogP contribution is 2.23. The van der Waals surface area contributed by atoms with Crippen molar-refractivity contribution in [1.82, 2.24) is 5.32 Å². The molecule has 3 rings (SSSR count). The number of carbonyl (C=O) groups is 1. The van der Waals surface area contributed by atoms with Crippen molar-refractivity contribution in [1.29, 1.82) is 0 Å². The molecule has 2 aliphatic heterocycles. The van der Waals surface area contributed by atoms with Crippen molar-refractivity contribution in [3.63, 3.8) is 0 Å². The lowest BCUT2D eigenvalue weighted by Gasteiger charge is -2.10. The van der Waals surface area contributed by atoms with E-state index in [0.717, 1.165) is 50.1 Å². The Bertz CT molecular complexity index is 467. The van der Waals surface area contributed by atoms with Gasteiger partial charge in [0.25, 0.3) is 5.91 Å². The molecule has 2 N–H and O–H groups in total. The van der Waals surface area contributed by atoms with E-state index < -0.39 is 0 Å². The Kier molecular flexibility index (Phi) is 3.69. The van der Waals surface area contributed by atoms with Crippen LogP contribution in [-0.2, 0) is 11.2 Å². The zero-order valence-electron chi connectivity index (χ0n) is 11.1. The molecule has 19 heavy (non-hydrogen) atoms. The molecule has 0 saturated carbocycles. The number of hydrogen-bond donors (Lipinski definition) is 2. The van der Waals surface area contributed by atoms with Gasteiger partial charge in [-0.1, -0.05) is 0 Å². The third-order valence-electron chi connectivity index (χ3n) is 3.85. The van der Waals surface area contributed by atoms with Gasteiger partial charge in [-0.05, 0) is 49.4 Å². The van der Waals surface area contributed by atoms with Crippen molar-refractivity contribution in [2.45, 2.75) is 31.8 Å². The Labute approximate surface area is 113 Å². The smallest absolute Gasteiger partial charge is 0.251 e. The molecular weight excluding hydrogens is 240 g/mol. The number of hydrogen-bond acceptors (Lipinski definition) is 3. The largest absolute Gasteiger partial charge is 0.384 e. The molecule has 0 aromatic heterocycles. The highest BCUT2D eigenvalue weighted by molar-refractivity contribution is 5.95. The number of rotatable bonds is 4. The van der Waals surface area contributed by atoms with Crippen molar-refractivity contribution in [2.75, 3.05) is 25.0 Å². The fourth-order valence-electron chi connectivity index (χ4n) is 2.77.